The van der Waals surface area contributed by atoms with Gasteiger partial charge in [0.2, 0.25) is 11.8 Å². The van der Waals surface area contributed by atoms with E-state index in [2.05, 4.69) is 5.32 Å². The van der Waals surface area contributed by atoms with E-state index in [0.717, 1.165) is 16.7 Å². The van der Waals surface area contributed by atoms with E-state index in [1.165, 1.54) is 12.1 Å². The molecule has 0 heterocycles. The fraction of sp³-hybridized carbons (Fsp3) is 0.259. The Morgan fingerprint density at radius 1 is 0.875 bits per heavy atom. The van der Waals surface area contributed by atoms with Crippen LogP contribution in [0.1, 0.15) is 42.4 Å². The molecule has 0 bridgehead atoms. The lowest BCUT2D eigenvalue weighted by molar-refractivity contribution is -0.141. The van der Waals surface area contributed by atoms with E-state index in [0.29, 0.717) is 6.42 Å². The second-order valence-corrected chi connectivity index (χ2v) is 7.76. The van der Waals surface area contributed by atoms with Crippen molar-refractivity contribution in [3.8, 4) is 0 Å². The third-order valence-corrected chi connectivity index (χ3v) is 5.68. The summed E-state index contributed by atoms with van der Waals surface area (Å²) in [6.45, 7) is 2.12. The predicted molar refractivity (Wildman–Crippen MR) is 124 cm³/mol. The van der Waals surface area contributed by atoms with Crippen LogP contribution in [-0.2, 0) is 16.1 Å². The summed E-state index contributed by atoms with van der Waals surface area (Å²) in [5.41, 5.74) is 2.86. The molecular weight excluding hydrogens is 403 g/mol. The van der Waals surface area contributed by atoms with Gasteiger partial charge in [0.1, 0.15) is 11.9 Å². The number of carbonyl (C=O) groups is 2. The highest BCUT2D eigenvalue weighted by Gasteiger charge is 2.30. The largest absolute Gasteiger partial charge is 0.357 e. The molecule has 5 heteroatoms. The molecule has 166 valence electrons. The first-order valence-corrected chi connectivity index (χ1v) is 10.9. The SMILES string of the molecule is CCC(C(=O)NC)N(Cc1ccc(F)cc1)C(=O)CC(c1ccccc1)c1ccccc1. The van der Waals surface area contributed by atoms with E-state index in [9.17, 15) is 14.0 Å². The minimum absolute atomic E-state index is 0.123. The van der Waals surface area contributed by atoms with Crippen molar-refractivity contribution in [1.82, 2.24) is 10.2 Å². The molecule has 0 fully saturated rings. The Kier molecular flexibility index (Phi) is 8.14. The zero-order valence-corrected chi connectivity index (χ0v) is 18.5. The molecule has 0 radical (unpaired) electrons. The van der Waals surface area contributed by atoms with Crippen LogP contribution in [0, 0.1) is 5.82 Å². The number of halogens is 1. The minimum atomic E-state index is -0.607. The molecule has 3 aromatic rings. The second kappa shape index (κ2) is 11.2. The van der Waals surface area contributed by atoms with E-state index in [1.54, 1.807) is 24.1 Å². The van der Waals surface area contributed by atoms with Gasteiger partial charge in [-0.15, -0.1) is 0 Å². The van der Waals surface area contributed by atoms with Crippen molar-refractivity contribution in [1.29, 1.82) is 0 Å². The first kappa shape index (κ1) is 23.2. The number of carbonyl (C=O) groups excluding carboxylic acids is 2. The van der Waals surface area contributed by atoms with Crippen LogP contribution in [-0.4, -0.2) is 29.8 Å². The molecule has 4 nitrogen and oxygen atoms in total. The quantitative estimate of drug-likeness (QED) is 0.523. The summed E-state index contributed by atoms with van der Waals surface area (Å²) >= 11 is 0. The monoisotopic (exact) mass is 432 g/mol. The average Bonchev–Trinajstić information content (AvgIpc) is 2.84. The van der Waals surface area contributed by atoms with Crippen LogP contribution in [0.25, 0.3) is 0 Å². The van der Waals surface area contributed by atoms with Crippen molar-refractivity contribution in [2.45, 2.75) is 38.3 Å². The Morgan fingerprint density at radius 2 is 1.41 bits per heavy atom. The van der Waals surface area contributed by atoms with Crippen molar-refractivity contribution in [3.63, 3.8) is 0 Å². The summed E-state index contributed by atoms with van der Waals surface area (Å²) in [6.07, 6.45) is 0.705. The summed E-state index contributed by atoms with van der Waals surface area (Å²) in [6, 6.07) is 25.3. The van der Waals surface area contributed by atoms with Crippen molar-refractivity contribution >= 4 is 11.8 Å². The van der Waals surface area contributed by atoms with Crippen molar-refractivity contribution in [2.24, 2.45) is 0 Å². The van der Waals surface area contributed by atoms with Gasteiger partial charge < -0.3 is 10.2 Å². The van der Waals surface area contributed by atoms with Gasteiger partial charge in [-0.25, -0.2) is 4.39 Å². The number of nitrogens with one attached hydrogen (secondary N) is 1. The summed E-state index contributed by atoms with van der Waals surface area (Å²) in [7, 11) is 1.57. The van der Waals surface area contributed by atoms with Crippen molar-refractivity contribution < 1.29 is 14.0 Å². The number of rotatable bonds is 9. The first-order valence-electron chi connectivity index (χ1n) is 10.9. The molecule has 3 aromatic carbocycles. The number of likely N-dealkylation sites (N-methyl/N-ethyl adjacent to an activating group) is 1. The van der Waals surface area contributed by atoms with Gasteiger partial charge in [0, 0.05) is 25.9 Å². The van der Waals surface area contributed by atoms with Crippen molar-refractivity contribution in [2.75, 3.05) is 7.05 Å². The zero-order chi connectivity index (χ0) is 22.9. The lowest BCUT2D eigenvalue weighted by Gasteiger charge is -2.32. The van der Waals surface area contributed by atoms with Gasteiger partial charge in [-0.3, -0.25) is 9.59 Å². The van der Waals surface area contributed by atoms with Gasteiger partial charge in [0.05, 0.1) is 0 Å². The lowest BCUT2D eigenvalue weighted by Crippen LogP contribution is -2.48. The maximum atomic E-state index is 13.7. The minimum Gasteiger partial charge on any atom is -0.357 e. The average molecular weight is 433 g/mol. The Hall–Kier alpha value is -3.47. The van der Waals surface area contributed by atoms with Crippen molar-refractivity contribution in [3.05, 3.63) is 107 Å². The summed E-state index contributed by atoms with van der Waals surface area (Å²) in [5.74, 6) is -0.803. The summed E-state index contributed by atoms with van der Waals surface area (Å²) in [5, 5.41) is 2.67. The molecule has 1 unspecified atom stereocenters. The number of benzene rings is 3. The molecule has 0 aromatic heterocycles. The zero-order valence-electron chi connectivity index (χ0n) is 18.5. The fourth-order valence-corrected chi connectivity index (χ4v) is 3.96. The van der Waals surface area contributed by atoms with Gasteiger partial charge in [0.15, 0.2) is 0 Å². The van der Waals surface area contributed by atoms with Crippen LogP contribution in [0.3, 0.4) is 0 Å². The summed E-state index contributed by atoms with van der Waals surface area (Å²) in [4.78, 5) is 27.9. The molecule has 2 amide bonds. The molecule has 0 aliphatic heterocycles. The molecular formula is C27H29FN2O2. The smallest absolute Gasteiger partial charge is 0.242 e. The Morgan fingerprint density at radius 3 is 1.88 bits per heavy atom. The Balaban J connectivity index is 1.94. The fourth-order valence-electron chi connectivity index (χ4n) is 3.96. The molecule has 1 atom stereocenters. The Labute approximate surface area is 189 Å². The normalized spacial score (nSPS) is 11.8. The molecule has 1 N–H and O–H groups in total. The molecule has 3 rings (SSSR count). The molecule has 0 aliphatic carbocycles. The highest BCUT2D eigenvalue weighted by molar-refractivity contribution is 5.88. The molecule has 0 spiro atoms. The lowest BCUT2D eigenvalue weighted by atomic mass is 9.88. The number of amides is 2. The second-order valence-electron chi connectivity index (χ2n) is 7.76. The molecule has 32 heavy (non-hydrogen) atoms. The van der Waals surface area contributed by atoms with Gasteiger partial charge >= 0.3 is 0 Å². The predicted octanol–water partition coefficient (Wildman–Crippen LogP) is 4.90. The van der Waals surface area contributed by atoms with Crippen LogP contribution in [0.5, 0.6) is 0 Å². The van der Waals surface area contributed by atoms with Gasteiger partial charge in [-0.2, -0.15) is 0 Å². The molecule has 0 saturated heterocycles. The van der Waals surface area contributed by atoms with E-state index in [-0.39, 0.29) is 36.5 Å². The highest BCUT2D eigenvalue weighted by Crippen LogP contribution is 2.29. The molecule has 0 saturated carbocycles. The van der Waals surface area contributed by atoms with Crippen LogP contribution in [0.15, 0.2) is 84.9 Å². The van der Waals surface area contributed by atoms with Gasteiger partial charge in [-0.05, 0) is 35.2 Å². The first-order chi connectivity index (χ1) is 15.5. The third kappa shape index (κ3) is 5.82. The third-order valence-electron chi connectivity index (χ3n) is 5.68. The van der Waals surface area contributed by atoms with Crippen LogP contribution in [0.4, 0.5) is 4.39 Å². The van der Waals surface area contributed by atoms with Gasteiger partial charge in [0.25, 0.3) is 0 Å². The van der Waals surface area contributed by atoms with Gasteiger partial charge in [-0.1, -0.05) is 79.7 Å². The number of hydrogen-bond donors (Lipinski definition) is 1. The Bertz CT molecular complexity index is 967. The van der Waals surface area contributed by atoms with E-state index < -0.39 is 6.04 Å². The van der Waals surface area contributed by atoms with Crippen LogP contribution in [0.2, 0.25) is 0 Å². The van der Waals surface area contributed by atoms with Crippen LogP contribution >= 0.6 is 0 Å². The topological polar surface area (TPSA) is 49.4 Å². The van der Waals surface area contributed by atoms with E-state index in [4.69, 9.17) is 0 Å². The number of nitrogens with zero attached hydrogens (tertiary/aromatic N) is 1. The summed E-state index contributed by atoms with van der Waals surface area (Å²) < 4.78 is 13.4. The number of hydrogen-bond acceptors (Lipinski definition) is 2. The maximum Gasteiger partial charge on any atom is 0.242 e. The van der Waals surface area contributed by atoms with E-state index >= 15 is 0 Å². The standard InChI is InChI=1S/C27H29FN2O2/c1-3-25(27(32)29-2)30(19-20-14-16-23(28)17-15-20)26(31)18-24(21-10-6-4-7-11-21)22-12-8-5-9-13-22/h4-17,24-25H,3,18-19H2,1-2H3,(H,29,32). The van der Waals surface area contributed by atoms with Crippen LogP contribution < -0.4 is 5.32 Å². The highest BCUT2D eigenvalue weighted by atomic mass is 19.1. The molecule has 0 aliphatic rings. The van der Waals surface area contributed by atoms with E-state index in [1.807, 2.05) is 67.6 Å². The maximum absolute atomic E-state index is 13.7.